The van der Waals surface area contributed by atoms with Gasteiger partial charge in [-0.25, -0.2) is 4.79 Å². The van der Waals surface area contributed by atoms with Crippen LogP contribution in [0.25, 0.3) is 0 Å². The molecule has 0 unspecified atom stereocenters. The van der Waals surface area contributed by atoms with Gasteiger partial charge < -0.3 is 4.74 Å². The van der Waals surface area contributed by atoms with Crippen LogP contribution in [-0.4, -0.2) is 41.7 Å². The molecule has 3 rings (SSSR count). The van der Waals surface area contributed by atoms with Gasteiger partial charge in [-0.15, -0.1) is 0 Å². The van der Waals surface area contributed by atoms with Crippen molar-refractivity contribution < 1.29 is 9.53 Å². The molecule has 0 aromatic heterocycles. The van der Waals surface area contributed by atoms with Gasteiger partial charge in [-0.1, -0.05) is 42.0 Å². The molecule has 0 saturated carbocycles. The summed E-state index contributed by atoms with van der Waals surface area (Å²) in [4.78, 5) is 14.9. The van der Waals surface area contributed by atoms with Gasteiger partial charge in [-0.2, -0.15) is 10.1 Å². The number of rotatable bonds is 3. The molecular formula is C17H24N4O2. The zero-order valence-corrected chi connectivity index (χ0v) is 13.8. The molecule has 1 fully saturated rings. The lowest BCUT2D eigenvalue weighted by Gasteiger charge is -2.47. The van der Waals surface area contributed by atoms with Crippen LogP contribution in [0.1, 0.15) is 38.7 Å². The Labute approximate surface area is 137 Å². The first-order valence-corrected chi connectivity index (χ1v) is 8.39. The minimum absolute atomic E-state index is 0.146. The van der Waals surface area contributed by atoms with E-state index >= 15 is 0 Å². The molecule has 2 atom stereocenters. The van der Waals surface area contributed by atoms with Gasteiger partial charge in [0.1, 0.15) is 6.04 Å². The quantitative estimate of drug-likeness (QED) is 0.857. The number of likely N-dealkylation sites (tertiary alicyclic amines) is 1. The van der Waals surface area contributed by atoms with Crippen molar-refractivity contribution in [3.8, 4) is 0 Å². The second kappa shape index (κ2) is 6.66. The summed E-state index contributed by atoms with van der Waals surface area (Å²) in [6.07, 6.45) is 3.04. The zero-order chi connectivity index (χ0) is 16.3. The van der Waals surface area contributed by atoms with E-state index in [2.05, 4.69) is 15.2 Å². The maximum Gasteiger partial charge on any atom is 0.434 e. The first-order chi connectivity index (χ1) is 11.2. The summed E-state index contributed by atoms with van der Waals surface area (Å²) in [7, 11) is 0. The molecule has 124 valence electrons. The summed E-state index contributed by atoms with van der Waals surface area (Å²) in [5.41, 5.74) is 0.348. The lowest BCUT2D eigenvalue weighted by molar-refractivity contribution is -0.0590. The van der Waals surface area contributed by atoms with E-state index in [1.165, 1.54) is 11.4 Å². The molecule has 23 heavy (non-hydrogen) atoms. The molecule has 2 aliphatic heterocycles. The molecule has 0 spiro atoms. The van der Waals surface area contributed by atoms with Crippen molar-refractivity contribution in [2.75, 3.05) is 19.7 Å². The largest absolute Gasteiger partial charge is 0.448 e. The number of ether oxygens (including phenoxy) is 1. The molecule has 0 aliphatic carbocycles. The number of carbonyl (C=O) groups is 1. The summed E-state index contributed by atoms with van der Waals surface area (Å²) in [6.45, 7) is 6.01. The van der Waals surface area contributed by atoms with Crippen LogP contribution in [-0.2, 0) is 10.4 Å². The third-order valence-electron chi connectivity index (χ3n) is 4.70. The lowest BCUT2D eigenvalue weighted by atomic mass is 9.88. The Hall–Kier alpha value is -1.95. The SMILES string of the molecule is CCOC(=O)N1N=N[C@H](C)[C@@]1(c1ccccc1)N1CCCCC1. The minimum atomic E-state index is -0.687. The topological polar surface area (TPSA) is 57.5 Å². The van der Waals surface area contributed by atoms with Crippen LogP contribution in [0.2, 0.25) is 0 Å². The van der Waals surface area contributed by atoms with Crippen molar-refractivity contribution in [1.82, 2.24) is 9.91 Å². The highest BCUT2D eigenvalue weighted by molar-refractivity contribution is 5.69. The first-order valence-electron chi connectivity index (χ1n) is 8.39. The van der Waals surface area contributed by atoms with Gasteiger partial charge in [0.25, 0.3) is 0 Å². The van der Waals surface area contributed by atoms with Crippen molar-refractivity contribution in [2.24, 2.45) is 10.3 Å². The van der Waals surface area contributed by atoms with Gasteiger partial charge in [-0.3, -0.25) is 4.90 Å². The molecule has 0 bridgehead atoms. The van der Waals surface area contributed by atoms with Crippen LogP contribution in [0.3, 0.4) is 0 Å². The van der Waals surface area contributed by atoms with E-state index in [4.69, 9.17) is 4.74 Å². The Morgan fingerprint density at radius 3 is 2.61 bits per heavy atom. The number of amides is 1. The molecule has 0 radical (unpaired) electrons. The summed E-state index contributed by atoms with van der Waals surface area (Å²) < 4.78 is 5.25. The Bertz CT molecular complexity index is 571. The standard InChI is InChI=1S/C17H24N4O2/c1-3-23-16(22)21-17(14(2)18-19-21,15-10-6-4-7-11-15)20-12-8-5-9-13-20/h4,6-7,10-11,14H,3,5,8-9,12-13H2,1-2H3/t14-,17-/m1/s1. The van der Waals surface area contributed by atoms with Gasteiger partial charge >= 0.3 is 6.09 Å². The molecular weight excluding hydrogens is 292 g/mol. The third-order valence-corrected chi connectivity index (χ3v) is 4.70. The van der Waals surface area contributed by atoms with Crippen LogP contribution in [0.5, 0.6) is 0 Å². The van der Waals surface area contributed by atoms with Crippen molar-refractivity contribution in [2.45, 2.75) is 44.8 Å². The van der Waals surface area contributed by atoms with E-state index in [1.807, 2.05) is 37.3 Å². The maximum atomic E-state index is 12.5. The van der Waals surface area contributed by atoms with E-state index < -0.39 is 11.8 Å². The van der Waals surface area contributed by atoms with Gasteiger partial charge in [0.05, 0.1) is 6.61 Å². The minimum Gasteiger partial charge on any atom is -0.448 e. The average Bonchev–Trinajstić information content (AvgIpc) is 2.95. The molecule has 1 aromatic rings. The van der Waals surface area contributed by atoms with E-state index in [9.17, 15) is 4.79 Å². The van der Waals surface area contributed by atoms with Crippen molar-refractivity contribution >= 4 is 6.09 Å². The predicted octanol–water partition coefficient (Wildman–Crippen LogP) is 3.55. The summed E-state index contributed by atoms with van der Waals surface area (Å²) in [5.74, 6) is 0. The fourth-order valence-electron chi connectivity index (χ4n) is 3.68. The molecule has 6 nitrogen and oxygen atoms in total. The number of nitrogens with zero attached hydrogens (tertiary/aromatic N) is 4. The Kier molecular flexibility index (Phi) is 4.61. The molecule has 6 heteroatoms. The molecule has 2 heterocycles. The van der Waals surface area contributed by atoms with Crippen molar-refractivity contribution in [3.63, 3.8) is 0 Å². The number of carbonyl (C=O) groups excluding carboxylic acids is 1. The summed E-state index contributed by atoms with van der Waals surface area (Å²) >= 11 is 0. The van der Waals surface area contributed by atoms with E-state index in [1.54, 1.807) is 6.92 Å². The number of hydrogen-bond donors (Lipinski definition) is 0. The fraction of sp³-hybridized carbons (Fsp3) is 0.588. The number of piperidine rings is 1. The lowest BCUT2D eigenvalue weighted by Crippen LogP contribution is -2.61. The highest BCUT2D eigenvalue weighted by Crippen LogP contribution is 2.43. The first kappa shape index (κ1) is 15.9. The molecule has 0 N–H and O–H groups in total. The normalized spacial score (nSPS) is 28.1. The van der Waals surface area contributed by atoms with Crippen molar-refractivity contribution in [1.29, 1.82) is 0 Å². The summed E-state index contributed by atoms with van der Waals surface area (Å²) in [5, 5.41) is 9.96. The van der Waals surface area contributed by atoms with Crippen LogP contribution in [0, 0.1) is 0 Å². The molecule has 1 aromatic carbocycles. The van der Waals surface area contributed by atoms with E-state index in [-0.39, 0.29) is 6.04 Å². The highest BCUT2D eigenvalue weighted by Gasteiger charge is 2.55. The Morgan fingerprint density at radius 2 is 1.96 bits per heavy atom. The van der Waals surface area contributed by atoms with E-state index in [0.29, 0.717) is 6.61 Å². The van der Waals surface area contributed by atoms with Crippen LogP contribution in [0.15, 0.2) is 40.7 Å². The maximum absolute atomic E-state index is 12.5. The molecule has 1 amide bonds. The van der Waals surface area contributed by atoms with Crippen LogP contribution < -0.4 is 0 Å². The van der Waals surface area contributed by atoms with Gasteiger partial charge in [0.15, 0.2) is 5.66 Å². The predicted molar refractivity (Wildman–Crippen MR) is 86.7 cm³/mol. The van der Waals surface area contributed by atoms with Crippen LogP contribution in [0.4, 0.5) is 4.79 Å². The number of benzene rings is 1. The Balaban J connectivity index is 2.08. The average molecular weight is 316 g/mol. The second-order valence-corrected chi connectivity index (χ2v) is 6.03. The fourth-order valence-corrected chi connectivity index (χ4v) is 3.68. The van der Waals surface area contributed by atoms with Crippen molar-refractivity contribution in [3.05, 3.63) is 35.9 Å². The number of hydrogen-bond acceptors (Lipinski definition) is 5. The molecule has 1 saturated heterocycles. The van der Waals surface area contributed by atoms with E-state index in [0.717, 1.165) is 31.5 Å². The smallest absolute Gasteiger partial charge is 0.434 e. The zero-order valence-electron chi connectivity index (χ0n) is 13.8. The van der Waals surface area contributed by atoms with Gasteiger partial charge in [0.2, 0.25) is 0 Å². The second-order valence-electron chi connectivity index (χ2n) is 6.03. The van der Waals surface area contributed by atoms with Crippen LogP contribution >= 0.6 is 0 Å². The highest BCUT2D eigenvalue weighted by atomic mass is 16.6. The Morgan fingerprint density at radius 1 is 1.26 bits per heavy atom. The summed E-state index contributed by atoms with van der Waals surface area (Å²) in [6, 6.07) is 9.93. The third kappa shape index (κ3) is 2.61. The molecule has 2 aliphatic rings. The monoisotopic (exact) mass is 316 g/mol. The van der Waals surface area contributed by atoms with Gasteiger partial charge in [-0.05, 0) is 32.3 Å². The van der Waals surface area contributed by atoms with Gasteiger partial charge in [0, 0.05) is 13.1 Å².